The van der Waals surface area contributed by atoms with Gasteiger partial charge in [-0.3, -0.25) is 9.59 Å². The van der Waals surface area contributed by atoms with E-state index >= 15 is 0 Å². The predicted molar refractivity (Wildman–Crippen MR) is 90.3 cm³/mol. The summed E-state index contributed by atoms with van der Waals surface area (Å²) in [6.07, 6.45) is 3.07. The maximum absolute atomic E-state index is 12.2. The van der Waals surface area contributed by atoms with Crippen LogP contribution in [0.3, 0.4) is 0 Å². The molecule has 0 radical (unpaired) electrons. The fraction of sp³-hybridized carbons (Fsp3) is 0.556. The molecule has 5 heteroatoms. The lowest BCUT2D eigenvalue weighted by Gasteiger charge is -2.36. The molecule has 124 valence electrons. The van der Waals surface area contributed by atoms with Crippen LogP contribution in [0.4, 0.5) is 5.69 Å². The largest absolute Gasteiger partial charge is 0.368 e. The van der Waals surface area contributed by atoms with Crippen LogP contribution in [-0.2, 0) is 9.59 Å². The van der Waals surface area contributed by atoms with Crippen LogP contribution in [-0.4, -0.2) is 49.4 Å². The predicted octanol–water partition coefficient (Wildman–Crippen LogP) is 1.56. The third-order valence-corrected chi connectivity index (χ3v) is 4.89. The van der Waals surface area contributed by atoms with Gasteiger partial charge in [-0.05, 0) is 37.5 Å². The summed E-state index contributed by atoms with van der Waals surface area (Å²) in [5.41, 5.74) is 2.47. The van der Waals surface area contributed by atoms with Gasteiger partial charge in [-0.2, -0.15) is 0 Å². The van der Waals surface area contributed by atoms with Crippen molar-refractivity contribution in [3.8, 4) is 0 Å². The Bertz CT molecular complexity index is 575. The first-order valence-electron chi connectivity index (χ1n) is 8.50. The van der Waals surface area contributed by atoms with E-state index in [-0.39, 0.29) is 24.3 Å². The summed E-state index contributed by atoms with van der Waals surface area (Å²) in [7, 11) is 0. The Morgan fingerprint density at radius 3 is 2.52 bits per heavy atom. The van der Waals surface area contributed by atoms with Gasteiger partial charge < -0.3 is 15.1 Å². The van der Waals surface area contributed by atoms with E-state index in [1.807, 2.05) is 4.90 Å². The lowest BCUT2D eigenvalue weighted by atomic mass is 9.85. The average molecular weight is 315 g/mol. The topological polar surface area (TPSA) is 52.6 Å². The molecule has 1 saturated carbocycles. The van der Waals surface area contributed by atoms with Crippen LogP contribution in [0.15, 0.2) is 24.3 Å². The Kier molecular flexibility index (Phi) is 4.84. The summed E-state index contributed by atoms with van der Waals surface area (Å²) in [5.74, 6) is 0.213. The van der Waals surface area contributed by atoms with Gasteiger partial charge >= 0.3 is 0 Å². The van der Waals surface area contributed by atoms with Crippen molar-refractivity contribution in [2.24, 2.45) is 5.92 Å². The second kappa shape index (κ2) is 7.02. The normalized spacial score (nSPS) is 18.5. The second-order valence-corrected chi connectivity index (χ2v) is 6.55. The zero-order chi connectivity index (χ0) is 16.2. The molecule has 2 amide bonds. The molecule has 0 spiro atoms. The van der Waals surface area contributed by atoms with Crippen molar-refractivity contribution in [3.63, 3.8) is 0 Å². The summed E-state index contributed by atoms with van der Waals surface area (Å²) >= 11 is 0. The summed E-state index contributed by atoms with van der Waals surface area (Å²) < 4.78 is 0. The van der Waals surface area contributed by atoms with Crippen LogP contribution in [0.2, 0.25) is 0 Å². The Morgan fingerprint density at radius 1 is 1.17 bits per heavy atom. The fourth-order valence-corrected chi connectivity index (χ4v) is 3.13. The number of benzene rings is 1. The van der Waals surface area contributed by atoms with Gasteiger partial charge in [0, 0.05) is 37.8 Å². The molecule has 1 N–H and O–H groups in total. The molecule has 23 heavy (non-hydrogen) atoms. The van der Waals surface area contributed by atoms with Gasteiger partial charge in [-0.15, -0.1) is 0 Å². The zero-order valence-corrected chi connectivity index (χ0v) is 13.8. The minimum Gasteiger partial charge on any atom is -0.368 e. The van der Waals surface area contributed by atoms with Crippen LogP contribution >= 0.6 is 0 Å². The molecule has 5 nitrogen and oxygen atoms in total. The minimum absolute atomic E-state index is 0.0292. The first-order valence-corrected chi connectivity index (χ1v) is 8.50. The highest BCUT2D eigenvalue weighted by Crippen LogP contribution is 2.26. The van der Waals surface area contributed by atoms with Gasteiger partial charge in [-0.1, -0.05) is 18.6 Å². The number of piperazine rings is 1. The van der Waals surface area contributed by atoms with E-state index < -0.39 is 0 Å². The van der Waals surface area contributed by atoms with Gasteiger partial charge in [0.1, 0.15) is 0 Å². The molecular weight excluding hydrogens is 290 g/mol. The van der Waals surface area contributed by atoms with Crippen molar-refractivity contribution >= 4 is 17.5 Å². The number of carbonyl (C=O) groups excluding carboxylic acids is 2. The number of hydrogen-bond donors (Lipinski definition) is 1. The molecule has 3 rings (SSSR count). The van der Waals surface area contributed by atoms with Crippen molar-refractivity contribution in [2.45, 2.75) is 26.2 Å². The highest BCUT2D eigenvalue weighted by molar-refractivity contribution is 5.86. The lowest BCUT2D eigenvalue weighted by Crippen LogP contribution is -2.51. The van der Waals surface area contributed by atoms with Gasteiger partial charge in [0.25, 0.3) is 0 Å². The smallest absolute Gasteiger partial charge is 0.242 e. The van der Waals surface area contributed by atoms with Gasteiger partial charge in [-0.25, -0.2) is 0 Å². The standard InChI is InChI=1S/C18H25N3O2/c1-14-4-2-7-16(12-14)20-8-10-21(11-9-20)17(22)13-19-18(23)15-5-3-6-15/h2,4,7,12,15H,3,5-6,8-11,13H2,1H3,(H,19,23). The van der Waals surface area contributed by atoms with E-state index in [4.69, 9.17) is 0 Å². The van der Waals surface area contributed by atoms with E-state index in [0.29, 0.717) is 13.1 Å². The van der Waals surface area contributed by atoms with E-state index in [1.165, 1.54) is 11.3 Å². The number of nitrogens with one attached hydrogen (secondary N) is 1. The van der Waals surface area contributed by atoms with Crippen molar-refractivity contribution in [1.82, 2.24) is 10.2 Å². The Balaban J connectivity index is 1.44. The molecule has 1 aliphatic heterocycles. The number of hydrogen-bond acceptors (Lipinski definition) is 3. The number of rotatable bonds is 4. The maximum Gasteiger partial charge on any atom is 0.242 e. The van der Waals surface area contributed by atoms with Crippen LogP contribution in [0.5, 0.6) is 0 Å². The lowest BCUT2D eigenvalue weighted by molar-refractivity contribution is -0.135. The Morgan fingerprint density at radius 2 is 1.91 bits per heavy atom. The molecule has 0 unspecified atom stereocenters. The zero-order valence-electron chi connectivity index (χ0n) is 13.8. The molecule has 2 aliphatic rings. The maximum atomic E-state index is 12.2. The Hall–Kier alpha value is -2.04. The molecule has 0 atom stereocenters. The van der Waals surface area contributed by atoms with Crippen LogP contribution in [0.1, 0.15) is 24.8 Å². The van der Waals surface area contributed by atoms with Gasteiger partial charge in [0.15, 0.2) is 0 Å². The highest BCUT2D eigenvalue weighted by Gasteiger charge is 2.26. The highest BCUT2D eigenvalue weighted by atomic mass is 16.2. The van der Waals surface area contributed by atoms with Crippen LogP contribution in [0, 0.1) is 12.8 Å². The van der Waals surface area contributed by atoms with Crippen molar-refractivity contribution < 1.29 is 9.59 Å². The quantitative estimate of drug-likeness (QED) is 0.917. The Labute approximate surface area is 137 Å². The monoisotopic (exact) mass is 315 g/mol. The van der Waals surface area contributed by atoms with E-state index in [0.717, 1.165) is 32.4 Å². The molecule has 1 aromatic rings. The van der Waals surface area contributed by atoms with E-state index in [9.17, 15) is 9.59 Å². The summed E-state index contributed by atoms with van der Waals surface area (Å²) in [4.78, 5) is 28.2. The first kappa shape index (κ1) is 15.8. The summed E-state index contributed by atoms with van der Waals surface area (Å²) in [6.45, 7) is 5.34. The fourth-order valence-electron chi connectivity index (χ4n) is 3.13. The molecular formula is C18H25N3O2. The number of anilines is 1. The molecule has 1 aliphatic carbocycles. The minimum atomic E-state index is 0.0292. The second-order valence-electron chi connectivity index (χ2n) is 6.55. The number of amides is 2. The van der Waals surface area contributed by atoms with Gasteiger partial charge in [0.05, 0.1) is 6.54 Å². The molecule has 1 saturated heterocycles. The molecule has 1 heterocycles. The SMILES string of the molecule is Cc1cccc(N2CCN(C(=O)CNC(=O)C3CCC3)CC2)c1. The first-order chi connectivity index (χ1) is 11.1. The molecule has 1 aromatic carbocycles. The van der Waals surface area contributed by atoms with E-state index in [2.05, 4.69) is 41.4 Å². The molecule has 2 fully saturated rings. The third kappa shape index (κ3) is 3.84. The molecule has 0 aromatic heterocycles. The molecule has 0 bridgehead atoms. The van der Waals surface area contributed by atoms with Crippen LogP contribution in [0.25, 0.3) is 0 Å². The third-order valence-electron chi connectivity index (χ3n) is 4.89. The van der Waals surface area contributed by atoms with Crippen molar-refractivity contribution in [1.29, 1.82) is 0 Å². The van der Waals surface area contributed by atoms with Crippen LogP contribution < -0.4 is 10.2 Å². The summed E-state index contributed by atoms with van der Waals surface area (Å²) in [5, 5.41) is 2.79. The van der Waals surface area contributed by atoms with Crippen molar-refractivity contribution in [2.75, 3.05) is 37.6 Å². The number of nitrogens with zero attached hydrogens (tertiary/aromatic N) is 2. The number of aryl methyl sites for hydroxylation is 1. The summed E-state index contributed by atoms with van der Waals surface area (Å²) in [6, 6.07) is 8.45. The van der Waals surface area contributed by atoms with Crippen molar-refractivity contribution in [3.05, 3.63) is 29.8 Å². The number of carbonyl (C=O) groups is 2. The van der Waals surface area contributed by atoms with E-state index in [1.54, 1.807) is 0 Å². The average Bonchev–Trinajstić information content (AvgIpc) is 2.51. The van der Waals surface area contributed by atoms with Gasteiger partial charge in [0.2, 0.25) is 11.8 Å².